The number of nitrogens with one attached hydrogen (secondary N) is 2. The van der Waals surface area contributed by atoms with Crippen molar-refractivity contribution < 1.29 is 4.74 Å². The monoisotopic (exact) mass is 244 g/mol. The van der Waals surface area contributed by atoms with Gasteiger partial charge in [0.05, 0.1) is 0 Å². The molecule has 0 spiro atoms. The number of hydrogen-bond donors (Lipinski definition) is 2. The zero-order chi connectivity index (χ0) is 12.2. The molecule has 0 bridgehead atoms. The molecule has 1 aromatic heterocycles. The van der Waals surface area contributed by atoms with Gasteiger partial charge in [-0.1, -0.05) is 18.2 Å². The van der Waals surface area contributed by atoms with Crippen molar-refractivity contribution in [1.29, 1.82) is 0 Å². The van der Waals surface area contributed by atoms with Crippen molar-refractivity contribution in [3.8, 4) is 0 Å². The van der Waals surface area contributed by atoms with E-state index in [0.29, 0.717) is 0 Å². The summed E-state index contributed by atoms with van der Waals surface area (Å²) in [6.07, 6.45) is 2.39. The predicted octanol–water partition coefficient (Wildman–Crippen LogP) is 2.68. The van der Waals surface area contributed by atoms with Crippen LogP contribution in [0.15, 0.2) is 30.3 Å². The number of hydrogen-bond acceptors (Lipinski definition) is 2. The first-order chi connectivity index (χ1) is 8.92. The summed E-state index contributed by atoms with van der Waals surface area (Å²) in [5, 5.41) is 4.84. The van der Waals surface area contributed by atoms with E-state index in [1.807, 2.05) is 0 Å². The lowest BCUT2D eigenvalue weighted by Crippen LogP contribution is -2.27. The minimum absolute atomic E-state index is 0.781. The van der Waals surface area contributed by atoms with Crippen LogP contribution in [0.4, 0.5) is 0 Å². The largest absolute Gasteiger partial charge is 0.381 e. The van der Waals surface area contributed by atoms with Gasteiger partial charge in [-0.2, -0.15) is 0 Å². The molecule has 1 aromatic carbocycles. The van der Waals surface area contributed by atoms with E-state index in [4.69, 9.17) is 4.74 Å². The summed E-state index contributed by atoms with van der Waals surface area (Å²) in [7, 11) is 0. The molecule has 3 rings (SSSR count). The summed E-state index contributed by atoms with van der Waals surface area (Å²) < 4.78 is 5.37. The third-order valence-corrected chi connectivity index (χ3v) is 3.68. The standard InChI is InChI=1S/C15H20N2O/c1-2-4-15-13(3-1)9-14(17-15)11-16-10-12-5-7-18-8-6-12/h1-4,9,12,16-17H,5-8,10-11H2. The van der Waals surface area contributed by atoms with E-state index in [0.717, 1.165) is 32.2 Å². The molecule has 2 heterocycles. The Labute approximate surface area is 108 Å². The Balaban J connectivity index is 1.53. The molecule has 0 aliphatic carbocycles. The van der Waals surface area contributed by atoms with Crippen LogP contribution in [0.1, 0.15) is 18.5 Å². The Kier molecular flexibility index (Phi) is 3.62. The fraction of sp³-hybridized carbons (Fsp3) is 0.467. The van der Waals surface area contributed by atoms with Crippen LogP contribution in [0.3, 0.4) is 0 Å². The maximum Gasteiger partial charge on any atom is 0.0469 e. The van der Waals surface area contributed by atoms with Gasteiger partial charge in [-0.15, -0.1) is 0 Å². The van der Waals surface area contributed by atoms with E-state index >= 15 is 0 Å². The quantitative estimate of drug-likeness (QED) is 0.867. The van der Waals surface area contributed by atoms with Crippen molar-refractivity contribution >= 4 is 10.9 Å². The van der Waals surface area contributed by atoms with E-state index in [9.17, 15) is 0 Å². The topological polar surface area (TPSA) is 37.0 Å². The molecule has 96 valence electrons. The molecule has 0 unspecified atom stereocenters. The van der Waals surface area contributed by atoms with Crippen molar-refractivity contribution in [1.82, 2.24) is 10.3 Å². The van der Waals surface area contributed by atoms with Crippen LogP contribution in [-0.2, 0) is 11.3 Å². The molecule has 1 fully saturated rings. The zero-order valence-electron chi connectivity index (χ0n) is 10.6. The van der Waals surface area contributed by atoms with Crippen LogP contribution >= 0.6 is 0 Å². The van der Waals surface area contributed by atoms with Crippen LogP contribution in [0, 0.1) is 5.92 Å². The maximum atomic E-state index is 5.37. The van der Waals surface area contributed by atoms with Gasteiger partial charge in [0, 0.05) is 31.0 Å². The summed E-state index contributed by atoms with van der Waals surface area (Å²) in [5.41, 5.74) is 2.49. The number of aromatic nitrogens is 1. The van der Waals surface area contributed by atoms with E-state index in [1.54, 1.807) is 0 Å². The third-order valence-electron chi connectivity index (χ3n) is 3.68. The predicted molar refractivity (Wildman–Crippen MR) is 73.5 cm³/mol. The summed E-state index contributed by atoms with van der Waals surface area (Å²) in [5.74, 6) is 0.781. The highest BCUT2D eigenvalue weighted by molar-refractivity contribution is 5.80. The number of benzene rings is 1. The second kappa shape index (κ2) is 5.55. The molecule has 1 saturated heterocycles. The molecule has 3 heteroatoms. The van der Waals surface area contributed by atoms with Gasteiger partial charge >= 0.3 is 0 Å². The lowest BCUT2D eigenvalue weighted by atomic mass is 10.0. The molecule has 18 heavy (non-hydrogen) atoms. The molecule has 1 aliphatic heterocycles. The number of aromatic amines is 1. The first kappa shape index (κ1) is 11.8. The van der Waals surface area contributed by atoms with Gasteiger partial charge in [0.2, 0.25) is 0 Å². The number of H-pyrrole nitrogens is 1. The summed E-state index contributed by atoms with van der Waals surface area (Å²) in [4.78, 5) is 3.45. The Morgan fingerprint density at radius 1 is 1.22 bits per heavy atom. The fourth-order valence-corrected chi connectivity index (χ4v) is 2.59. The molecule has 1 aliphatic rings. The van der Waals surface area contributed by atoms with Crippen LogP contribution in [0.5, 0.6) is 0 Å². The molecule has 2 aromatic rings. The summed E-state index contributed by atoms with van der Waals surface area (Å²) in [6, 6.07) is 10.6. The number of para-hydroxylation sites is 1. The zero-order valence-corrected chi connectivity index (χ0v) is 10.6. The van der Waals surface area contributed by atoms with Crippen molar-refractivity contribution in [2.45, 2.75) is 19.4 Å². The van der Waals surface area contributed by atoms with Crippen LogP contribution < -0.4 is 5.32 Å². The smallest absolute Gasteiger partial charge is 0.0469 e. The van der Waals surface area contributed by atoms with Crippen molar-refractivity contribution in [2.75, 3.05) is 19.8 Å². The lowest BCUT2D eigenvalue weighted by molar-refractivity contribution is 0.0662. The van der Waals surface area contributed by atoms with Gasteiger partial charge in [0.25, 0.3) is 0 Å². The van der Waals surface area contributed by atoms with E-state index in [2.05, 4.69) is 40.6 Å². The van der Waals surface area contributed by atoms with Crippen LogP contribution in [0.2, 0.25) is 0 Å². The minimum Gasteiger partial charge on any atom is -0.381 e. The fourth-order valence-electron chi connectivity index (χ4n) is 2.59. The van der Waals surface area contributed by atoms with Gasteiger partial charge in [-0.05, 0) is 42.8 Å². The molecule has 3 nitrogen and oxygen atoms in total. The molecular formula is C15H20N2O. The minimum atomic E-state index is 0.781. The number of ether oxygens (including phenoxy) is 1. The Bertz CT molecular complexity index is 467. The average Bonchev–Trinajstić information content (AvgIpc) is 2.82. The Morgan fingerprint density at radius 3 is 2.89 bits per heavy atom. The van der Waals surface area contributed by atoms with Gasteiger partial charge < -0.3 is 15.0 Å². The maximum absolute atomic E-state index is 5.37. The number of fused-ring (bicyclic) bond motifs is 1. The summed E-state index contributed by atoms with van der Waals surface area (Å²) >= 11 is 0. The molecule has 0 saturated carbocycles. The normalized spacial score (nSPS) is 17.3. The molecule has 0 amide bonds. The van der Waals surface area contributed by atoms with Crippen molar-refractivity contribution in [3.63, 3.8) is 0 Å². The van der Waals surface area contributed by atoms with Crippen molar-refractivity contribution in [3.05, 3.63) is 36.0 Å². The molecule has 0 radical (unpaired) electrons. The first-order valence-electron chi connectivity index (χ1n) is 6.77. The van der Waals surface area contributed by atoms with Crippen LogP contribution in [0.25, 0.3) is 10.9 Å². The summed E-state index contributed by atoms with van der Waals surface area (Å²) in [6.45, 7) is 3.88. The second-order valence-electron chi connectivity index (χ2n) is 5.07. The molecule has 2 N–H and O–H groups in total. The van der Waals surface area contributed by atoms with Gasteiger partial charge in [-0.25, -0.2) is 0 Å². The SMILES string of the molecule is c1ccc2[nH]c(CNCC3CCOCC3)cc2c1. The lowest BCUT2D eigenvalue weighted by Gasteiger charge is -2.22. The first-order valence-corrected chi connectivity index (χ1v) is 6.77. The van der Waals surface area contributed by atoms with Crippen LogP contribution in [-0.4, -0.2) is 24.7 Å². The van der Waals surface area contributed by atoms with Crippen molar-refractivity contribution in [2.24, 2.45) is 5.92 Å². The average molecular weight is 244 g/mol. The third kappa shape index (κ3) is 2.74. The molecule has 0 atom stereocenters. The highest BCUT2D eigenvalue weighted by Gasteiger charge is 2.12. The van der Waals surface area contributed by atoms with Gasteiger partial charge in [-0.3, -0.25) is 0 Å². The Morgan fingerprint density at radius 2 is 2.06 bits per heavy atom. The Hall–Kier alpha value is -1.32. The molecular weight excluding hydrogens is 224 g/mol. The highest BCUT2D eigenvalue weighted by Crippen LogP contribution is 2.15. The van der Waals surface area contributed by atoms with E-state index < -0.39 is 0 Å². The van der Waals surface area contributed by atoms with E-state index in [1.165, 1.54) is 29.4 Å². The van der Waals surface area contributed by atoms with E-state index in [-0.39, 0.29) is 0 Å². The van der Waals surface area contributed by atoms with Gasteiger partial charge in [0.1, 0.15) is 0 Å². The number of rotatable bonds is 4. The second-order valence-corrected chi connectivity index (χ2v) is 5.07. The van der Waals surface area contributed by atoms with Gasteiger partial charge in [0.15, 0.2) is 0 Å². The highest BCUT2D eigenvalue weighted by atomic mass is 16.5.